The number of likely N-dealkylation sites (N-methyl/N-ethyl adjacent to an activating group) is 2. The van der Waals surface area contributed by atoms with Crippen molar-refractivity contribution in [3.8, 4) is 0 Å². The second kappa shape index (κ2) is 5.94. The van der Waals surface area contributed by atoms with E-state index in [0.29, 0.717) is 18.4 Å². The lowest BCUT2D eigenvalue weighted by Gasteiger charge is -2.66. The van der Waals surface area contributed by atoms with Crippen molar-refractivity contribution >= 4 is 23.9 Å². The molecule has 7 heteroatoms. The normalized spacial score (nSPS) is 39.3. The van der Waals surface area contributed by atoms with Crippen LogP contribution in [-0.2, 0) is 29.3 Å². The second-order valence-corrected chi connectivity index (χ2v) is 8.78. The van der Waals surface area contributed by atoms with Crippen LogP contribution in [0.2, 0.25) is 0 Å². The third-order valence-electron chi connectivity index (χ3n) is 8.30. The molecule has 4 fully saturated rings. The molecule has 30 heavy (non-hydrogen) atoms. The SMILES string of the molecule is CC=C(C(=O)OC)C1CC2OC(=O)C1(C=O)C13CCN(C)C21N(C)c1ccccc13. The summed E-state index contributed by atoms with van der Waals surface area (Å²) >= 11 is 0. The van der Waals surface area contributed by atoms with Gasteiger partial charge in [-0.05, 0) is 38.4 Å². The van der Waals surface area contributed by atoms with Gasteiger partial charge in [0, 0.05) is 30.8 Å². The van der Waals surface area contributed by atoms with E-state index in [-0.39, 0.29) is 0 Å². The number of methoxy groups -OCH3 is 1. The van der Waals surface area contributed by atoms with Gasteiger partial charge >= 0.3 is 11.9 Å². The number of esters is 2. The first-order valence-corrected chi connectivity index (χ1v) is 10.3. The highest BCUT2D eigenvalue weighted by atomic mass is 16.6. The van der Waals surface area contributed by atoms with Crippen LogP contribution in [0.1, 0.15) is 25.3 Å². The fourth-order valence-electron chi connectivity index (χ4n) is 7.39. The van der Waals surface area contributed by atoms with E-state index in [1.54, 1.807) is 13.0 Å². The van der Waals surface area contributed by atoms with Crippen LogP contribution in [0.25, 0.3) is 0 Å². The molecule has 0 spiro atoms. The van der Waals surface area contributed by atoms with Crippen molar-refractivity contribution in [1.82, 2.24) is 4.90 Å². The topological polar surface area (TPSA) is 76.1 Å². The Kier molecular flexibility index (Phi) is 3.82. The van der Waals surface area contributed by atoms with E-state index in [4.69, 9.17) is 9.47 Å². The van der Waals surface area contributed by atoms with E-state index in [0.717, 1.165) is 24.1 Å². The molecule has 4 heterocycles. The Morgan fingerprint density at radius 1 is 1.30 bits per heavy atom. The van der Waals surface area contributed by atoms with Gasteiger partial charge in [0.05, 0.1) is 12.5 Å². The quantitative estimate of drug-likeness (QED) is 0.325. The molecule has 1 aromatic carbocycles. The molecule has 4 aliphatic heterocycles. The standard InChI is InChI=1S/C23H26N2O5/c1-5-14(19(27)29-4)16-12-18-23-22(10-11-24(23)2,21(16,13-26)20(28)30-18)15-8-6-7-9-17(15)25(23)3/h5-9,13,16,18H,10-12H2,1-4H3. The van der Waals surface area contributed by atoms with Crippen molar-refractivity contribution in [2.24, 2.45) is 11.3 Å². The molecule has 0 N–H and O–H groups in total. The molecule has 5 unspecified atom stereocenters. The molecule has 1 aliphatic carbocycles. The summed E-state index contributed by atoms with van der Waals surface area (Å²) in [7, 11) is 5.37. The lowest BCUT2D eigenvalue weighted by atomic mass is 9.43. The van der Waals surface area contributed by atoms with Crippen molar-refractivity contribution in [2.45, 2.75) is 36.9 Å². The third-order valence-corrected chi connectivity index (χ3v) is 8.30. The first-order valence-electron chi connectivity index (χ1n) is 10.3. The number of benzene rings is 1. The number of allylic oxidation sites excluding steroid dienone is 1. The molecule has 0 amide bonds. The summed E-state index contributed by atoms with van der Waals surface area (Å²) in [6.45, 7) is 2.47. The van der Waals surface area contributed by atoms with E-state index >= 15 is 0 Å². The van der Waals surface area contributed by atoms with Gasteiger partial charge in [-0.1, -0.05) is 24.3 Å². The highest BCUT2D eigenvalue weighted by molar-refractivity contribution is 6.03. The number of nitrogens with zero attached hydrogens (tertiary/aromatic N) is 2. The van der Waals surface area contributed by atoms with E-state index in [9.17, 15) is 14.4 Å². The van der Waals surface area contributed by atoms with Crippen molar-refractivity contribution in [3.05, 3.63) is 41.5 Å². The van der Waals surface area contributed by atoms with Crippen LogP contribution in [-0.4, -0.2) is 62.6 Å². The van der Waals surface area contributed by atoms with Crippen molar-refractivity contribution in [1.29, 1.82) is 0 Å². The summed E-state index contributed by atoms with van der Waals surface area (Å²) in [5.74, 6) is -1.63. The van der Waals surface area contributed by atoms with Crippen molar-refractivity contribution in [2.75, 3.05) is 32.6 Å². The minimum absolute atomic E-state index is 0.371. The van der Waals surface area contributed by atoms with E-state index in [1.165, 1.54) is 7.11 Å². The smallest absolute Gasteiger partial charge is 0.333 e. The summed E-state index contributed by atoms with van der Waals surface area (Å²) in [5.41, 5.74) is -0.640. The molecule has 5 aliphatic rings. The summed E-state index contributed by atoms with van der Waals surface area (Å²) in [4.78, 5) is 43.7. The zero-order valence-electron chi connectivity index (χ0n) is 17.7. The first-order chi connectivity index (χ1) is 14.4. The number of carbonyl (C=O) groups is 3. The van der Waals surface area contributed by atoms with Crippen LogP contribution in [0.3, 0.4) is 0 Å². The maximum absolute atomic E-state index is 13.6. The maximum Gasteiger partial charge on any atom is 0.333 e. The number of likely N-dealkylation sites (tertiary alicyclic amines) is 1. The van der Waals surface area contributed by atoms with Gasteiger partial charge in [-0.25, -0.2) is 4.79 Å². The summed E-state index contributed by atoms with van der Waals surface area (Å²) < 4.78 is 11.0. The number of hydrogen-bond donors (Lipinski definition) is 0. The Labute approximate surface area is 175 Å². The van der Waals surface area contributed by atoms with Crippen LogP contribution in [0.5, 0.6) is 0 Å². The molecule has 0 radical (unpaired) electrons. The van der Waals surface area contributed by atoms with Gasteiger partial charge in [-0.3, -0.25) is 9.69 Å². The summed E-state index contributed by atoms with van der Waals surface area (Å²) in [6, 6.07) is 7.98. The number of aldehydes is 1. The zero-order chi connectivity index (χ0) is 21.5. The number of ether oxygens (including phenoxy) is 2. The Hall–Kier alpha value is -2.67. The average molecular weight is 410 g/mol. The van der Waals surface area contributed by atoms with Crippen LogP contribution >= 0.6 is 0 Å². The van der Waals surface area contributed by atoms with Gasteiger partial charge in [-0.15, -0.1) is 0 Å². The molecular weight excluding hydrogens is 384 g/mol. The molecule has 2 bridgehead atoms. The fourth-order valence-corrected chi connectivity index (χ4v) is 7.39. The van der Waals surface area contributed by atoms with Crippen LogP contribution in [0.4, 0.5) is 5.69 Å². The Morgan fingerprint density at radius 3 is 2.70 bits per heavy atom. The number of hydrogen-bond acceptors (Lipinski definition) is 7. The molecule has 1 saturated carbocycles. The van der Waals surface area contributed by atoms with Gasteiger partial charge < -0.3 is 19.2 Å². The third kappa shape index (κ3) is 1.65. The van der Waals surface area contributed by atoms with Crippen LogP contribution in [0.15, 0.2) is 35.9 Å². The molecule has 158 valence electrons. The minimum Gasteiger partial charge on any atom is -0.466 e. The largest absolute Gasteiger partial charge is 0.466 e. The molecule has 7 nitrogen and oxygen atoms in total. The highest BCUT2D eigenvalue weighted by Gasteiger charge is 2.86. The molecule has 1 aromatic rings. The second-order valence-electron chi connectivity index (χ2n) is 8.78. The molecule has 6 rings (SSSR count). The number of para-hydroxylation sites is 1. The Balaban J connectivity index is 1.88. The van der Waals surface area contributed by atoms with Crippen LogP contribution in [0, 0.1) is 11.3 Å². The molecule has 5 atom stereocenters. The number of anilines is 1. The minimum atomic E-state index is -1.51. The van der Waals surface area contributed by atoms with E-state index < -0.39 is 40.5 Å². The van der Waals surface area contributed by atoms with Crippen molar-refractivity contribution < 1.29 is 23.9 Å². The van der Waals surface area contributed by atoms with Gasteiger partial charge in [0.1, 0.15) is 23.5 Å². The lowest BCUT2D eigenvalue weighted by molar-refractivity contribution is -0.228. The maximum atomic E-state index is 13.6. The van der Waals surface area contributed by atoms with E-state index in [2.05, 4.69) is 9.80 Å². The van der Waals surface area contributed by atoms with E-state index in [1.807, 2.05) is 38.4 Å². The molecular formula is C23H26N2O5. The molecule has 3 saturated heterocycles. The molecule has 0 aromatic heterocycles. The summed E-state index contributed by atoms with van der Waals surface area (Å²) in [6.07, 6.45) is 2.98. The Morgan fingerprint density at radius 2 is 2.03 bits per heavy atom. The number of rotatable bonds is 3. The first kappa shape index (κ1) is 19.3. The van der Waals surface area contributed by atoms with Gasteiger partial charge in [0.25, 0.3) is 0 Å². The van der Waals surface area contributed by atoms with Crippen molar-refractivity contribution in [3.63, 3.8) is 0 Å². The zero-order valence-corrected chi connectivity index (χ0v) is 17.7. The predicted octanol–water partition coefficient (Wildman–Crippen LogP) is 1.66. The number of carbonyl (C=O) groups excluding carboxylic acids is 3. The highest BCUT2D eigenvalue weighted by Crippen LogP contribution is 2.74. The van der Waals surface area contributed by atoms with Crippen LogP contribution < -0.4 is 4.90 Å². The Bertz CT molecular complexity index is 1010. The fraction of sp³-hybridized carbons (Fsp3) is 0.522. The number of fused-ring (bicyclic) bond motifs is 3. The predicted molar refractivity (Wildman–Crippen MR) is 109 cm³/mol. The average Bonchev–Trinajstić information content (AvgIpc) is 3.21. The lowest BCUT2D eigenvalue weighted by Crippen LogP contribution is -2.82. The van der Waals surface area contributed by atoms with Gasteiger partial charge in [0.15, 0.2) is 0 Å². The monoisotopic (exact) mass is 410 g/mol. The van der Waals surface area contributed by atoms with Gasteiger partial charge in [0.2, 0.25) is 0 Å². The van der Waals surface area contributed by atoms with Gasteiger partial charge in [-0.2, -0.15) is 0 Å². The summed E-state index contributed by atoms with van der Waals surface area (Å²) in [5, 5.41) is 0.